The van der Waals surface area contributed by atoms with Crippen LogP contribution in [0.4, 0.5) is 0 Å². The van der Waals surface area contributed by atoms with Crippen LogP contribution < -0.4 is 0 Å². The van der Waals surface area contributed by atoms with E-state index in [0.717, 1.165) is 19.1 Å². The SMILES string of the molecule is CCC(CC)n1cc(C=O)c(-c2cnccn2)n1. The predicted octanol–water partition coefficient (Wildman–Crippen LogP) is 2.51. The number of aldehydes is 1. The van der Waals surface area contributed by atoms with Gasteiger partial charge in [0.25, 0.3) is 0 Å². The summed E-state index contributed by atoms with van der Waals surface area (Å²) in [4.78, 5) is 19.3. The van der Waals surface area contributed by atoms with Gasteiger partial charge in [0.2, 0.25) is 0 Å². The van der Waals surface area contributed by atoms with Gasteiger partial charge >= 0.3 is 0 Å². The van der Waals surface area contributed by atoms with E-state index in [1.165, 1.54) is 0 Å². The van der Waals surface area contributed by atoms with Gasteiger partial charge in [0.1, 0.15) is 11.4 Å². The van der Waals surface area contributed by atoms with Crippen LogP contribution in [0.5, 0.6) is 0 Å². The van der Waals surface area contributed by atoms with E-state index in [0.29, 0.717) is 23.0 Å². The van der Waals surface area contributed by atoms with Crippen molar-refractivity contribution in [3.8, 4) is 11.4 Å². The summed E-state index contributed by atoms with van der Waals surface area (Å²) in [5.74, 6) is 0. The molecule has 5 heteroatoms. The van der Waals surface area contributed by atoms with Crippen LogP contribution >= 0.6 is 0 Å². The van der Waals surface area contributed by atoms with E-state index in [9.17, 15) is 4.79 Å². The average molecular weight is 244 g/mol. The predicted molar refractivity (Wildman–Crippen MR) is 68.3 cm³/mol. The van der Waals surface area contributed by atoms with Crippen LogP contribution in [-0.2, 0) is 0 Å². The Labute approximate surface area is 106 Å². The minimum absolute atomic E-state index is 0.314. The third-order valence-corrected chi connectivity index (χ3v) is 3.01. The summed E-state index contributed by atoms with van der Waals surface area (Å²) in [7, 11) is 0. The maximum Gasteiger partial charge on any atom is 0.153 e. The molecular formula is C13H16N4O. The molecule has 0 aliphatic rings. The molecule has 94 valence electrons. The van der Waals surface area contributed by atoms with Crippen molar-refractivity contribution in [1.29, 1.82) is 0 Å². The van der Waals surface area contributed by atoms with Crippen LogP contribution in [0.15, 0.2) is 24.8 Å². The van der Waals surface area contributed by atoms with E-state index in [2.05, 4.69) is 28.9 Å². The number of carbonyl (C=O) groups is 1. The third kappa shape index (κ3) is 2.30. The van der Waals surface area contributed by atoms with Gasteiger partial charge in [0.05, 0.1) is 17.8 Å². The van der Waals surface area contributed by atoms with Gasteiger partial charge in [-0.1, -0.05) is 13.8 Å². The molecule has 0 fully saturated rings. The fourth-order valence-corrected chi connectivity index (χ4v) is 1.96. The molecule has 0 amide bonds. The highest BCUT2D eigenvalue weighted by Gasteiger charge is 2.15. The van der Waals surface area contributed by atoms with Crippen LogP contribution in [0.3, 0.4) is 0 Å². The number of nitrogens with zero attached hydrogens (tertiary/aromatic N) is 4. The van der Waals surface area contributed by atoms with Crippen LogP contribution in [0, 0.1) is 0 Å². The molecule has 0 aliphatic carbocycles. The summed E-state index contributed by atoms with van der Waals surface area (Å²) < 4.78 is 1.85. The molecule has 2 heterocycles. The lowest BCUT2D eigenvalue weighted by Crippen LogP contribution is -2.07. The maximum atomic E-state index is 11.1. The van der Waals surface area contributed by atoms with Crippen molar-refractivity contribution in [1.82, 2.24) is 19.7 Å². The molecule has 0 atom stereocenters. The Bertz CT molecular complexity index is 517. The second kappa shape index (κ2) is 5.53. The Morgan fingerprint density at radius 3 is 2.67 bits per heavy atom. The molecule has 5 nitrogen and oxygen atoms in total. The van der Waals surface area contributed by atoms with Gasteiger partial charge in [-0.15, -0.1) is 0 Å². The van der Waals surface area contributed by atoms with Crippen molar-refractivity contribution in [2.45, 2.75) is 32.7 Å². The van der Waals surface area contributed by atoms with Gasteiger partial charge in [-0.25, -0.2) is 0 Å². The number of aromatic nitrogens is 4. The quantitative estimate of drug-likeness (QED) is 0.758. The highest BCUT2D eigenvalue weighted by Crippen LogP contribution is 2.22. The summed E-state index contributed by atoms with van der Waals surface area (Å²) in [6.45, 7) is 4.22. The molecule has 0 N–H and O–H groups in total. The van der Waals surface area contributed by atoms with Gasteiger partial charge in [-0.05, 0) is 12.8 Å². The molecule has 0 saturated carbocycles. The normalized spacial score (nSPS) is 10.8. The van der Waals surface area contributed by atoms with Gasteiger partial charge in [-0.3, -0.25) is 19.4 Å². The van der Waals surface area contributed by atoms with Crippen LogP contribution in [0.1, 0.15) is 43.1 Å². The maximum absolute atomic E-state index is 11.1. The molecule has 0 aromatic carbocycles. The van der Waals surface area contributed by atoms with Crippen molar-refractivity contribution >= 4 is 6.29 Å². The molecule has 0 spiro atoms. The summed E-state index contributed by atoms with van der Waals surface area (Å²) in [6.07, 6.45) is 9.38. The number of carbonyl (C=O) groups excluding carboxylic acids is 1. The molecule has 0 bridgehead atoms. The largest absolute Gasteiger partial charge is 0.298 e. The van der Waals surface area contributed by atoms with E-state index in [1.807, 2.05) is 4.68 Å². The zero-order chi connectivity index (χ0) is 13.0. The Balaban J connectivity index is 2.45. The first-order valence-corrected chi connectivity index (χ1v) is 6.10. The van der Waals surface area contributed by atoms with Crippen molar-refractivity contribution in [2.75, 3.05) is 0 Å². The van der Waals surface area contributed by atoms with E-state index >= 15 is 0 Å². The molecule has 2 aromatic rings. The minimum atomic E-state index is 0.314. The average Bonchev–Trinajstić information content (AvgIpc) is 2.85. The second-order valence-electron chi connectivity index (χ2n) is 4.09. The van der Waals surface area contributed by atoms with Gasteiger partial charge in [-0.2, -0.15) is 5.10 Å². The summed E-state index contributed by atoms with van der Waals surface area (Å²) in [5.41, 5.74) is 1.79. The lowest BCUT2D eigenvalue weighted by Gasteiger charge is -2.12. The van der Waals surface area contributed by atoms with E-state index < -0.39 is 0 Å². The first-order valence-electron chi connectivity index (χ1n) is 6.10. The zero-order valence-corrected chi connectivity index (χ0v) is 10.6. The summed E-state index contributed by atoms with van der Waals surface area (Å²) in [6, 6.07) is 0.314. The van der Waals surface area contributed by atoms with E-state index in [4.69, 9.17) is 0 Å². The Hall–Kier alpha value is -2.04. The van der Waals surface area contributed by atoms with E-state index in [1.54, 1.807) is 24.8 Å². The number of hydrogen-bond acceptors (Lipinski definition) is 4. The zero-order valence-electron chi connectivity index (χ0n) is 10.6. The van der Waals surface area contributed by atoms with Crippen LogP contribution in [0.2, 0.25) is 0 Å². The van der Waals surface area contributed by atoms with Gasteiger partial charge in [0, 0.05) is 18.6 Å². The molecular weight excluding hydrogens is 228 g/mol. The molecule has 0 saturated heterocycles. The summed E-state index contributed by atoms with van der Waals surface area (Å²) in [5, 5.41) is 4.48. The third-order valence-electron chi connectivity index (χ3n) is 3.01. The lowest BCUT2D eigenvalue weighted by atomic mass is 10.2. The highest BCUT2D eigenvalue weighted by atomic mass is 16.1. The standard InChI is InChI=1S/C13H16N4O/c1-3-11(4-2)17-8-10(9-18)13(16-17)12-7-14-5-6-15-12/h5-9,11H,3-4H2,1-2H3. The van der Waals surface area contributed by atoms with Gasteiger partial charge < -0.3 is 0 Å². The fraction of sp³-hybridized carbons (Fsp3) is 0.385. The van der Waals surface area contributed by atoms with Crippen molar-refractivity contribution in [2.24, 2.45) is 0 Å². The number of hydrogen-bond donors (Lipinski definition) is 0. The molecule has 0 radical (unpaired) electrons. The smallest absolute Gasteiger partial charge is 0.153 e. The molecule has 18 heavy (non-hydrogen) atoms. The monoisotopic (exact) mass is 244 g/mol. The fourth-order valence-electron chi connectivity index (χ4n) is 1.96. The second-order valence-corrected chi connectivity index (χ2v) is 4.09. The minimum Gasteiger partial charge on any atom is -0.298 e. The molecule has 2 rings (SSSR count). The van der Waals surface area contributed by atoms with Crippen molar-refractivity contribution < 1.29 is 4.79 Å². The van der Waals surface area contributed by atoms with Crippen molar-refractivity contribution in [3.63, 3.8) is 0 Å². The number of rotatable bonds is 5. The highest BCUT2D eigenvalue weighted by molar-refractivity contribution is 5.84. The lowest BCUT2D eigenvalue weighted by molar-refractivity contribution is 0.112. The van der Waals surface area contributed by atoms with Crippen LogP contribution in [-0.4, -0.2) is 26.0 Å². The van der Waals surface area contributed by atoms with Gasteiger partial charge in [0.15, 0.2) is 6.29 Å². The van der Waals surface area contributed by atoms with Crippen molar-refractivity contribution in [3.05, 3.63) is 30.4 Å². The first-order chi connectivity index (χ1) is 8.80. The van der Waals surface area contributed by atoms with E-state index in [-0.39, 0.29) is 0 Å². The Kier molecular flexibility index (Phi) is 3.82. The Morgan fingerprint density at radius 2 is 2.11 bits per heavy atom. The topological polar surface area (TPSA) is 60.7 Å². The first kappa shape index (κ1) is 12.4. The molecule has 0 unspecified atom stereocenters. The molecule has 0 aliphatic heterocycles. The summed E-state index contributed by atoms with van der Waals surface area (Å²) >= 11 is 0. The van der Waals surface area contributed by atoms with Crippen LogP contribution in [0.25, 0.3) is 11.4 Å². The Morgan fingerprint density at radius 1 is 1.33 bits per heavy atom. The molecule has 2 aromatic heterocycles.